The van der Waals surface area contributed by atoms with E-state index in [1.54, 1.807) is 6.07 Å². The molecule has 0 aliphatic carbocycles. The van der Waals surface area contributed by atoms with Gasteiger partial charge in [0.1, 0.15) is 5.75 Å². The second-order valence-corrected chi connectivity index (χ2v) is 5.02. The number of aryl methyl sites for hydroxylation is 1. The summed E-state index contributed by atoms with van der Waals surface area (Å²) in [5, 5.41) is 9.70. The Morgan fingerprint density at radius 3 is 2.29 bits per heavy atom. The molecular formula is C16H26O. The van der Waals surface area contributed by atoms with E-state index in [0.717, 1.165) is 12.0 Å². The maximum atomic E-state index is 9.70. The lowest BCUT2D eigenvalue weighted by Crippen LogP contribution is -1.94. The van der Waals surface area contributed by atoms with Crippen LogP contribution in [0.4, 0.5) is 0 Å². The number of hydrogen-bond acceptors (Lipinski definition) is 1. The van der Waals surface area contributed by atoms with E-state index in [-0.39, 0.29) is 0 Å². The minimum absolute atomic E-state index is 0.441. The molecule has 0 atom stereocenters. The normalized spacial score (nSPS) is 10.8. The average molecular weight is 234 g/mol. The van der Waals surface area contributed by atoms with Crippen LogP contribution < -0.4 is 0 Å². The molecule has 1 rings (SSSR count). The molecule has 0 aliphatic heterocycles. The lowest BCUT2D eigenvalue weighted by atomic mass is 9.96. The fourth-order valence-electron chi connectivity index (χ4n) is 2.35. The summed E-state index contributed by atoms with van der Waals surface area (Å²) < 4.78 is 0. The Balaban J connectivity index is 2.39. The van der Waals surface area contributed by atoms with Crippen LogP contribution in [0.15, 0.2) is 12.1 Å². The average Bonchev–Trinajstić information content (AvgIpc) is 2.32. The summed E-state index contributed by atoms with van der Waals surface area (Å²) in [5.74, 6) is 0.441. The molecule has 1 N–H and O–H groups in total. The largest absolute Gasteiger partial charge is 0.508 e. The van der Waals surface area contributed by atoms with Gasteiger partial charge in [-0.25, -0.2) is 0 Å². The summed E-state index contributed by atoms with van der Waals surface area (Å²) in [4.78, 5) is 0. The lowest BCUT2D eigenvalue weighted by Gasteiger charge is -2.11. The summed E-state index contributed by atoms with van der Waals surface area (Å²) in [6.45, 7) is 6.41. The molecule has 0 radical (unpaired) electrons. The SMILES string of the molecule is CCCCCCCCc1c(C)ccc(O)c1C. The van der Waals surface area contributed by atoms with Crippen LogP contribution in [-0.2, 0) is 6.42 Å². The maximum Gasteiger partial charge on any atom is 0.118 e. The molecular weight excluding hydrogens is 208 g/mol. The number of benzene rings is 1. The highest BCUT2D eigenvalue weighted by Crippen LogP contribution is 2.25. The van der Waals surface area contributed by atoms with Crippen LogP contribution in [0.25, 0.3) is 0 Å². The van der Waals surface area contributed by atoms with Crippen molar-refractivity contribution in [1.29, 1.82) is 0 Å². The molecule has 0 saturated carbocycles. The number of phenolic OH excluding ortho intramolecular Hbond substituents is 1. The van der Waals surface area contributed by atoms with Gasteiger partial charge in [-0.15, -0.1) is 0 Å². The summed E-state index contributed by atoms with van der Waals surface area (Å²) >= 11 is 0. The Labute approximate surface area is 106 Å². The molecule has 0 aliphatic rings. The first-order chi connectivity index (χ1) is 8.16. The van der Waals surface area contributed by atoms with E-state index >= 15 is 0 Å². The van der Waals surface area contributed by atoms with Crippen LogP contribution in [0.5, 0.6) is 5.75 Å². The second-order valence-electron chi connectivity index (χ2n) is 5.02. The molecule has 0 bridgehead atoms. The Hall–Kier alpha value is -0.980. The van der Waals surface area contributed by atoms with Gasteiger partial charge in [-0.1, -0.05) is 45.1 Å². The number of hydrogen-bond donors (Lipinski definition) is 1. The van der Waals surface area contributed by atoms with Crippen LogP contribution in [0.1, 0.15) is 62.1 Å². The van der Waals surface area contributed by atoms with E-state index in [9.17, 15) is 5.11 Å². The topological polar surface area (TPSA) is 20.2 Å². The van der Waals surface area contributed by atoms with Crippen molar-refractivity contribution in [3.63, 3.8) is 0 Å². The van der Waals surface area contributed by atoms with Crippen LogP contribution >= 0.6 is 0 Å². The van der Waals surface area contributed by atoms with Crippen molar-refractivity contribution in [2.75, 3.05) is 0 Å². The molecule has 96 valence electrons. The van der Waals surface area contributed by atoms with Gasteiger partial charge in [-0.2, -0.15) is 0 Å². The Bertz CT molecular complexity index is 342. The van der Waals surface area contributed by atoms with E-state index in [1.807, 2.05) is 13.0 Å². The molecule has 0 heterocycles. The molecule has 0 fully saturated rings. The second kappa shape index (κ2) is 7.37. The number of rotatable bonds is 7. The molecule has 1 aromatic carbocycles. The van der Waals surface area contributed by atoms with Crippen LogP contribution in [0.2, 0.25) is 0 Å². The fraction of sp³-hybridized carbons (Fsp3) is 0.625. The standard InChI is InChI=1S/C16H26O/c1-4-5-6-7-8-9-10-15-13(2)11-12-16(17)14(15)3/h11-12,17H,4-10H2,1-3H3. The Kier molecular flexibility index (Phi) is 6.10. The quantitative estimate of drug-likeness (QED) is 0.664. The first-order valence-electron chi connectivity index (χ1n) is 6.94. The third kappa shape index (κ3) is 4.41. The highest BCUT2D eigenvalue weighted by molar-refractivity contribution is 5.42. The zero-order valence-corrected chi connectivity index (χ0v) is 11.6. The van der Waals surface area contributed by atoms with Crippen molar-refractivity contribution in [3.8, 4) is 5.75 Å². The van der Waals surface area contributed by atoms with Gasteiger partial charge in [-0.05, 0) is 49.4 Å². The molecule has 1 heteroatoms. The number of unbranched alkanes of at least 4 members (excludes halogenated alkanes) is 5. The predicted molar refractivity (Wildman–Crippen MR) is 74.7 cm³/mol. The van der Waals surface area contributed by atoms with Crippen molar-refractivity contribution < 1.29 is 5.11 Å². The van der Waals surface area contributed by atoms with Crippen LogP contribution in [0.3, 0.4) is 0 Å². The minimum atomic E-state index is 0.441. The molecule has 0 amide bonds. The van der Waals surface area contributed by atoms with E-state index < -0.39 is 0 Å². The predicted octanol–water partition coefficient (Wildman–Crippen LogP) is 4.91. The highest BCUT2D eigenvalue weighted by Gasteiger charge is 2.06. The molecule has 0 unspecified atom stereocenters. The van der Waals surface area contributed by atoms with Gasteiger partial charge in [-0.3, -0.25) is 0 Å². The van der Waals surface area contributed by atoms with E-state index in [2.05, 4.69) is 13.8 Å². The first-order valence-corrected chi connectivity index (χ1v) is 6.94. The molecule has 0 aromatic heterocycles. The summed E-state index contributed by atoms with van der Waals surface area (Å²) in [6, 6.07) is 3.82. The van der Waals surface area contributed by atoms with Gasteiger partial charge >= 0.3 is 0 Å². The van der Waals surface area contributed by atoms with Crippen LogP contribution in [-0.4, -0.2) is 5.11 Å². The fourth-order valence-corrected chi connectivity index (χ4v) is 2.35. The van der Waals surface area contributed by atoms with Crippen molar-refractivity contribution in [1.82, 2.24) is 0 Å². The van der Waals surface area contributed by atoms with E-state index in [1.165, 1.54) is 49.7 Å². The maximum absolute atomic E-state index is 9.70. The zero-order chi connectivity index (χ0) is 12.7. The third-order valence-corrected chi connectivity index (χ3v) is 3.58. The first kappa shape index (κ1) is 14.1. The molecule has 0 spiro atoms. The van der Waals surface area contributed by atoms with Crippen molar-refractivity contribution in [2.24, 2.45) is 0 Å². The lowest BCUT2D eigenvalue weighted by molar-refractivity contribution is 0.469. The Morgan fingerprint density at radius 1 is 0.941 bits per heavy atom. The van der Waals surface area contributed by atoms with Crippen molar-refractivity contribution in [3.05, 3.63) is 28.8 Å². The van der Waals surface area contributed by atoms with Gasteiger partial charge in [0.05, 0.1) is 0 Å². The summed E-state index contributed by atoms with van der Waals surface area (Å²) in [6.07, 6.45) is 9.07. The van der Waals surface area contributed by atoms with Gasteiger partial charge in [0, 0.05) is 0 Å². The number of aromatic hydroxyl groups is 1. The summed E-state index contributed by atoms with van der Waals surface area (Å²) in [5.41, 5.74) is 3.73. The third-order valence-electron chi connectivity index (χ3n) is 3.58. The van der Waals surface area contributed by atoms with Crippen LogP contribution in [0, 0.1) is 13.8 Å². The highest BCUT2D eigenvalue weighted by atomic mass is 16.3. The van der Waals surface area contributed by atoms with Gasteiger partial charge < -0.3 is 5.11 Å². The molecule has 17 heavy (non-hydrogen) atoms. The van der Waals surface area contributed by atoms with E-state index in [4.69, 9.17) is 0 Å². The van der Waals surface area contributed by atoms with Gasteiger partial charge in [0.2, 0.25) is 0 Å². The van der Waals surface area contributed by atoms with Crippen molar-refractivity contribution in [2.45, 2.75) is 65.7 Å². The van der Waals surface area contributed by atoms with Crippen molar-refractivity contribution >= 4 is 0 Å². The minimum Gasteiger partial charge on any atom is -0.508 e. The molecule has 1 nitrogen and oxygen atoms in total. The van der Waals surface area contributed by atoms with Gasteiger partial charge in [0.25, 0.3) is 0 Å². The Morgan fingerprint density at radius 2 is 1.59 bits per heavy atom. The molecule has 1 aromatic rings. The molecule has 0 saturated heterocycles. The zero-order valence-electron chi connectivity index (χ0n) is 11.6. The smallest absolute Gasteiger partial charge is 0.118 e. The summed E-state index contributed by atoms with van der Waals surface area (Å²) in [7, 11) is 0. The number of phenols is 1. The monoisotopic (exact) mass is 234 g/mol. The van der Waals surface area contributed by atoms with E-state index in [0.29, 0.717) is 5.75 Å². The van der Waals surface area contributed by atoms with Gasteiger partial charge in [0.15, 0.2) is 0 Å².